The molecule has 132 valence electrons. The number of hydrogen-bond donors (Lipinski definition) is 2. The van der Waals surface area contributed by atoms with Gasteiger partial charge in [0.05, 0.1) is 10.4 Å². The van der Waals surface area contributed by atoms with Crippen LogP contribution in [0.25, 0.3) is 0 Å². The van der Waals surface area contributed by atoms with Gasteiger partial charge >= 0.3 is 12.0 Å². The number of carbonyl (C=O) groups excluding carboxylic acids is 3. The topological polar surface area (TPSA) is 84.5 Å². The average molecular weight is 360 g/mol. The number of Topliss-reactive ketones (excluding diaryl/α,β-unsaturated/α-hetero) is 1. The first-order valence-corrected chi connectivity index (χ1v) is 8.71. The molecule has 0 spiro atoms. The molecule has 25 heavy (non-hydrogen) atoms. The minimum absolute atomic E-state index is 0.0639. The highest BCUT2D eigenvalue weighted by Crippen LogP contribution is 2.11. The van der Waals surface area contributed by atoms with E-state index in [9.17, 15) is 14.4 Å². The first kappa shape index (κ1) is 18.7. The standard InChI is InChI=1S/C18H20N2O4S/c1-12(2)20-18(23)19-10-13-5-7-14(8-6-13)17(22)24-11-15(21)16-4-3-9-25-16/h3-9,12H,10-11H2,1-2H3,(H2,19,20,23). The molecule has 2 aromatic rings. The Bertz CT molecular complexity index is 724. The molecule has 0 atom stereocenters. The first-order chi connectivity index (χ1) is 12.0. The molecule has 0 saturated heterocycles. The van der Waals surface area contributed by atoms with E-state index < -0.39 is 5.97 Å². The molecule has 0 fully saturated rings. The Hall–Kier alpha value is -2.67. The Balaban J connectivity index is 1.81. The second-order valence-corrected chi connectivity index (χ2v) is 6.60. The number of nitrogens with one attached hydrogen (secondary N) is 2. The summed E-state index contributed by atoms with van der Waals surface area (Å²) in [4.78, 5) is 35.9. The molecule has 0 aliphatic rings. The first-order valence-electron chi connectivity index (χ1n) is 7.83. The van der Waals surface area contributed by atoms with E-state index in [2.05, 4.69) is 10.6 Å². The van der Waals surface area contributed by atoms with Crippen molar-refractivity contribution in [3.05, 3.63) is 57.8 Å². The van der Waals surface area contributed by atoms with Crippen molar-refractivity contribution < 1.29 is 19.1 Å². The molecule has 1 heterocycles. The van der Waals surface area contributed by atoms with Gasteiger partial charge in [-0.25, -0.2) is 9.59 Å². The second-order valence-electron chi connectivity index (χ2n) is 5.66. The summed E-state index contributed by atoms with van der Waals surface area (Å²) in [6, 6.07) is 9.96. The maximum absolute atomic E-state index is 12.0. The SMILES string of the molecule is CC(C)NC(=O)NCc1ccc(C(=O)OCC(=O)c2cccs2)cc1. The van der Waals surface area contributed by atoms with Crippen LogP contribution < -0.4 is 10.6 Å². The van der Waals surface area contributed by atoms with Gasteiger partial charge in [0.15, 0.2) is 6.61 Å². The Morgan fingerprint density at radius 1 is 1.12 bits per heavy atom. The van der Waals surface area contributed by atoms with Crippen molar-refractivity contribution in [3.8, 4) is 0 Å². The molecule has 6 nitrogen and oxygen atoms in total. The van der Waals surface area contributed by atoms with Crippen LogP contribution in [-0.2, 0) is 11.3 Å². The van der Waals surface area contributed by atoms with E-state index in [0.717, 1.165) is 5.56 Å². The summed E-state index contributed by atoms with van der Waals surface area (Å²) in [6.07, 6.45) is 0. The summed E-state index contributed by atoms with van der Waals surface area (Å²) in [5, 5.41) is 7.25. The highest BCUT2D eigenvalue weighted by Gasteiger charge is 2.12. The van der Waals surface area contributed by atoms with Crippen LogP contribution in [0, 0.1) is 0 Å². The molecule has 1 aromatic carbocycles. The van der Waals surface area contributed by atoms with Crippen molar-refractivity contribution in [1.29, 1.82) is 0 Å². The van der Waals surface area contributed by atoms with E-state index >= 15 is 0 Å². The average Bonchev–Trinajstić information content (AvgIpc) is 3.12. The van der Waals surface area contributed by atoms with Crippen molar-refractivity contribution in [1.82, 2.24) is 10.6 Å². The summed E-state index contributed by atoms with van der Waals surface area (Å²) in [6.45, 7) is 3.83. The number of ether oxygens (including phenoxy) is 1. The fourth-order valence-corrected chi connectivity index (χ4v) is 2.63. The van der Waals surface area contributed by atoms with Gasteiger partial charge in [-0.05, 0) is 43.0 Å². The maximum atomic E-state index is 12.0. The van der Waals surface area contributed by atoms with Crippen molar-refractivity contribution in [3.63, 3.8) is 0 Å². The smallest absolute Gasteiger partial charge is 0.338 e. The molecule has 1 aromatic heterocycles. The van der Waals surface area contributed by atoms with Crippen LogP contribution in [0.1, 0.15) is 39.4 Å². The predicted octanol–water partition coefficient (Wildman–Crippen LogP) is 3.00. The van der Waals surface area contributed by atoms with Crippen molar-refractivity contribution in [2.75, 3.05) is 6.61 Å². The van der Waals surface area contributed by atoms with Gasteiger partial charge in [-0.2, -0.15) is 0 Å². The van der Waals surface area contributed by atoms with E-state index in [1.165, 1.54) is 11.3 Å². The van der Waals surface area contributed by atoms with Crippen molar-refractivity contribution in [2.45, 2.75) is 26.4 Å². The number of amides is 2. The molecule has 7 heteroatoms. The molecule has 0 bridgehead atoms. The van der Waals surface area contributed by atoms with Gasteiger partial charge < -0.3 is 15.4 Å². The Morgan fingerprint density at radius 3 is 2.44 bits per heavy atom. The molecule has 0 aliphatic carbocycles. The summed E-state index contributed by atoms with van der Waals surface area (Å²) < 4.78 is 5.03. The van der Waals surface area contributed by atoms with Gasteiger partial charge in [0.25, 0.3) is 0 Å². The number of benzene rings is 1. The zero-order chi connectivity index (χ0) is 18.2. The monoisotopic (exact) mass is 360 g/mol. The molecule has 0 saturated carbocycles. The lowest BCUT2D eigenvalue weighted by atomic mass is 10.1. The van der Waals surface area contributed by atoms with E-state index in [0.29, 0.717) is 17.0 Å². The normalized spacial score (nSPS) is 10.4. The van der Waals surface area contributed by atoms with Gasteiger partial charge in [-0.3, -0.25) is 4.79 Å². The van der Waals surface area contributed by atoms with Crippen molar-refractivity contribution >= 4 is 29.1 Å². The van der Waals surface area contributed by atoms with E-state index in [-0.39, 0.29) is 24.5 Å². The number of carbonyl (C=O) groups is 3. The lowest BCUT2D eigenvalue weighted by Gasteiger charge is -2.10. The van der Waals surface area contributed by atoms with Gasteiger partial charge in [-0.15, -0.1) is 11.3 Å². The number of ketones is 1. The molecule has 0 radical (unpaired) electrons. The van der Waals surface area contributed by atoms with Gasteiger partial charge in [0, 0.05) is 12.6 Å². The lowest BCUT2D eigenvalue weighted by molar-refractivity contribution is 0.0476. The van der Waals surface area contributed by atoms with Crippen LogP contribution in [0.5, 0.6) is 0 Å². The number of esters is 1. The highest BCUT2D eigenvalue weighted by molar-refractivity contribution is 7.12. The number of urea groups is 1. The van der Waals surface area contributed by atoms with Crippen LogP contribution in [0.15, 0.2) is 41.8 Å². The molecule has 2 amide bonds. The van der Waals surface area contributed by atoms with E-state index in [1.54, 1.807) is 41.8 Å². The third-order valence-electron chi connectivity index (χ3n) is 3.19. The number of rotatable bonds is 7. The summed E-state index contributed by atoms with van der Waals surface area (Å²) in [5.41, 5.74) is 1.21. The fraction of sp³-hybridized carbons (Fsp3) is 0.278. The molecule has 0 unspecified atom stereocenters. The van der Waals surface area contributed by atoms with Crippen LogP contribution in [0.2, 0.25) is 0 Å². The zero-order valence-corrected chi connectivity index (χ0v) is 14.9. The maximum Gasteiger partial charge on any atom is 0.338 e. The van der Waals surface area contributed by atoms with E-state index in [4.69, 9.17) is 4.74 Å². The Labute approximate surface area is 150 Å². The highest BCUT2D eigenvalue weighted by atomic mass is 32.1. The van der Waals surface area contributed by atoms with Gasteiger partial charge in [0.2, 0.25) is 5.78 Å². The quantitative estimate of drug-likeness (QED) is 0.587. The molecule has 2 rings (SSSR count). The zero-order valence-electron chi connectivity index (χ0n) is 14.1. The van der Waals surface area contributed by atoms with Crippen LogP contribution >= 0.6 is 11.3 Å². The van der Waals surface area contributed by atoms with Crippen molar-refractivity contribution in [2.24, 2.45) is 0 Å². The van der Waals surface area contributed by atoms with Crippen LogP contribution in [0.3, 0.4) is 0 Å². The third kappa shape index (κ3) is 6.04. The molecular weight excluding hydrogens is 340 g/mol. The number of thiophene rings is 1. The Morgan fingerprint density at radius 2 is 1.84 bits per heavy atom. The summed E-state index contributed by atoms with van der Waals surface area (Å²) in [7, 11) is 0. The van der Waals surface area contributed by atoms with Crippen LogP contribution in [0.4, 0.5) is 4.79 Å². The largest absolute Gasteiger partial charge is 0.454 e. The Kier molecular flexibility index (Phi) is 6.71. The number of hydrogen-bond acceptors (Lipinski definition) is 5. The molecule has 2 N–H and O–H groups in total. The minimum atomic E-state index is -0.554. The lowest BCUT2D eigenvalue weighted by Crippen LogP contribution is -2.39. The van der Waals surface area contributed by atoms with Crippen LogP contribution in [-0.4, -0.2) is 30.4 Å². The summed E-state index contributed by atoms with van der Waals surface area (Å²) in [5.74, 6) is -0.776. The fourth-order valence-electron chi connectivity index (χ4n) is 1.98. The predicted molar refractivity (Wildman–Crippen MR) is 95.9 cm³/mol. The molecule has 0 aliphatic heterocycles. The minimum Gasteiger partial charge on any atom is -0.454 e. The van der Waals surface area contributed by atoms with Gasteiger partial charge in [0.1, 0.15) is 0 Å². The molecular formula is C18H20N2O4S. The summed E-state index contributed by atoms with van der Waals surface area (Å²) >= 11 is 1.31. The van der Waals surface area contributed by atoms with Gasteiger partial charge in [-0.1, -0.05) is 18.2 Å². The second kappa shape index (κ2) is 8.98. The third-order valence-corrected chi connectivity index (χ3v) is 4.10. The van der Waals surface area contributed by atoms with E-state index in [1.807, 2.05) is 13.8 Å².